The van der Waals surface area contributed by atoms with Crippen LogP contribution >= 0.6 is 11.3 Å². The zero-order chi connectivity index (χ0) is 12.1. The molecule has 0 spiro atoms. The van der Waals surface area contributed by atoms with E-state index in [1.165, 1.54) is 15.3 Å². The summed E-state index contributed by atoms with van der Waals surface area (Å²) in [6, 6.07) is 6.61. The highest BCUT2D eigenvalue weighted by Crippen LogP contribution is 2.27. The van der Waals surface area contributed by atoms with Crippen molar-refractivity contribution in [1.82, 2.24) is 15.5 Å². The summed E-state index contributed by atoms with van der Waals surface area (Å²) in [5.41, 5.74) is 1.18. The van der Waals surface area contributed by atoms with Crippen LogP contribution in [0.4, 0.5) is 0 Å². The van der Waals surface area contributed by atoms with E-state index in [9.17, 15) is 0 Å². The topological polar surface area (TPSA) is 37.8 Å². The van der Waals surface area contributed by atoms with Crippen LogP contribution in [0.1, 0.15) is 34.7 Å². The van der Waals surface area contributed by atoms with Gasteiger partial charge in [0.05, 0.1) is 12.2 Å². The molecule has 0 aromatic carbocycles. The number of thiophene rings is 1. The van der Waals surface area contributed by atoms with Crippen molar-refractivity contribution in [3.63, 3.8) is 0 Å². The van der Waals surface area contributed by atoms with E-state index in [4.69, 9.17) is 0 Å². The summed E-state index contributed by atoms with van der Waals surface area (Å²) in [6.45, 7) is 5.31. The number of rotatable bonds is 5. The molecule has 2 aromatic heterocycles. The van der Waals surface area contributed by atoms with Crippen LogP contribution in [0.25, 0.3) is 0 Å². The molecule has 2 aromatic rings. The summed E-state index contributed by atoms with van der Waals surface area (Å²) in [4.78, 5) is 2.68. The van der Waals surface area contributed by atoms with Crippen molar-refractivity contribution in [1.29, 1.82) is 0 Å². The van der Waals surface area contributed by atoms with E-state index in [-0.39, 0.29) is 6.04 Å². The summed E-state index contributed by atoms with van der Waals surface area (Å²) in [6.07, 6.45) is 4.71. The van der Waals surface area contributed by atoms with Gasteiger partial charge >= 0.3 is 0 Å². The molecule has 0 radical (unpaired) electrons. The van der Waals surface area contributed by atoms with E-state index in [2.05, 4.69) is 41.5 Å². The summed E-state index contributed by atoms with van der Waals surface area (Å²) >= 11 is 1.83. The Bertz CT molecular complexity index is 453. The summed E-state index contributed by atoms with van der Waals surface area (Å²) in [5.74, 6) is 0. The quantitative estimate of drug-likeness (QED) is 0.882. The molecule has 0 fully saturated rings. The molecule has 0 bridgehead atoms. The van der Waals surface area contributed by atoms with Crippen molar-refractivity contribution in [3.05, 3.63) is 45.9 Å². The van der Waals surface area contributed by atoms with Gasteiger partial charge in [-0.2, -0.15) is 10.2 Å². The van der Waals surface area contributed by atoms with E-state index >= 15 is 0 Å². The molecule has 1 N–H and O–H groups in total. The Balaban J connectivity index is 2.25. The van der Waals surface area contributed by atoms with Gasteiger partial charge in [0.25, 0.3) is 0 Å². The second kappa shape index (κ2) is 5.89. The van der Waals surface area contributed by atoms with Crippen molar-refractivity contribution in [3.8, 4) is 0 Å². The maximum absolute atomic E-state index is 3.96. The highest BCUT2D eigenvalue weighted by atomic mass is 32.1. The SMILES string of the molecule is CCCNC(c1ccnnc1)c1ccc(C)s1. The van der Waals surface area contributed by atoms with Crippen LogP contribution in [0.15, 0.2) is 30.6 Å². The van der Waals surface area contributed by atoms with Crippen molar-refractivity contribution in [2.24, 2.45) is 0 Å². The number of hydrogen-bond donors (Lipinski definition) is 1. The van der Waals surface area contributed by atoms with Crippen molar-refractivity contribution < 1.29 is 0 Å². The molecule has 2 rings (SSSR count). The van der Waals surface area contributed by atoms with E-state index in [0.717, 1.165) is 13.0 Å². The lowest BCUT2D eigenvalue weighted by Crippen LogP contribution is -2.22. The molecule has 90 valence electrons. The van der Waals surface area contributed by atoms with Gasteiger partial charge in [0.1, 0.15) is 0 Å². The normalized spacial score (nSPS) is 12.6. The Morgan fingerprint density at radius 3 is 2.76 bits per heavy atom. The first-order chi connectivity index (χ1) is 8.31. The summed E-state index contributed by atoms with van der Waals surface area (Å²) < 4.78 is 0. The Morgan fingerprint density at radius 1 is 1.29 bits per heavy atom. The molecule has 1 unspecified atom stereocenters. The van der Waals surface area contributed by atoms with Gasteiger partial charge in [-0.05, 0) is 43.7 Å². The highest BCUT2D eigenvalue weighted by Gasteiger charge is 2.14. The third-order valence-electron chi connectivity index (χ3n) is 2.58. The van der Waals surface area contributed by atoms with Crippen LogP contribution in [0.5, 0.6) is 0 Å². The van der Waals surface area contributed by atoms with E-state index in [0.29, 0.717) is 0 Å². The standard InChI is InChI=1S/C13H17N3S/c1-3-7-14-13(11-6-8-15-16-9-11)12-5-4-10(2)17-12/h4-6,8-9,13-14H,3,7H2,1-2H3. The molecule has 0 saturated heterocycles. The van der Waals surface area contributed by atoms with Crippen molar-refractivity contribution in [2.75, 3.05) is 6.54 Å². The lowest BCUT2D eigenvalue weighted by molar-refractivity contribution is 0.602. The van der Waals surface area contributed by atoms with Gasteiger partial charge in [-0.15, -0.1) is 11.3 Å². The smallest absolute Gasteiger partial charge is 0.0687 e. The second-order valence-electron chi connectivity index (χ2n) is 4.01. The monoisotopic (exact) mass is 247 g/mol. The Labute approximate surface area is 106 Å². The van der Waals surface area contributed by atoms with Gasteiger partial charge in [0, 0.05) is 16.0 Å². The molecule has 2 heterocycles. The molecule has 1 atom stereocenters. The molecular formula is C13H17N3S. The van der Waals surface area contributed by atoms with Crippen LogP contribution < -0.4 is 5.32 Å². The average Bonchev–Trinajstić information content (AvgIpc) is 2.78. The first-order valence-corrected chi connectivity index (χ1v) is 6.69. The van der Waals surface area contributed by atoms with Crippen molar-refractivity contribution in [2.45, 2.75) is 26.3 Å². The highest BCUT2D eigenvalue weighted by molar-refractivity contribution is 7.12. The summed E-state index contributed by atoms with van der Waals surface area (Å²) in [5, 5.41) is 11.4. The fourth-order valence-corrected chi connectivity index (χ4v) is 2.73. The zero-order valence-electron chi connectivity index (χ0n) is 10.2. The minimum atomic E-state index is 0.240. The first kappa shape index (κ1) is 12.2. The predicted octanol–water partition coefficient (Wildman–Crippen LogP) is 2.94. The molecule has 4 heteroatoms. The van der Waals surface area contributed by atoms with Gasteiger partial charge in [0.15, 0.2) is 0 Å². The number of nitrogens with one attached hydrogen (secondary N) is 1. The van der Waals surface area contributed by atoms with E-state index in [1.807, 2.05) is 23.6 Å². The molecular weight excluding hydrogens is 230 g/mol. The van der Waals surface area contributed by atoms with Crippen LogP contribution in [0, 0.1) is 6.92 Å². The fourth-order valence-electron chi connectivity index (χ4n) is 1.75. The van der Waals surface area contributed by atoms with Gasteiger partial charge in [-0.1, -0.05) is 6.92 Å². The fraction of sp³-hybridized carbons (Fsp3) is 0.385. The van der Waals surface area contributed by atoms with E-state index in [1.54, 1.807) is 6.20 Å². The predicted molar refractivity (Wildman–Crippen MR) is 71.2 cm³/mol. The number of aryl methyl sites for hydroxylation is 1. The van der Waals surface area contributed by atoms with Crippen molar-refractivity contribution >= 4 is 11.3 Å². The maximum Gasteiger partial charge on any atom is 0.0687 e. The number of nitrogens with zero attached hydrogens (tertiary/aromatic N) is 2. The molecule has 0 saturated carbocycles. The summed E-state index contributed by atoms with van der Waals surface area (Å²) in [7, 11) is 0. The molecule has 17 heavy (non-hydrogen) atoms. The van der Waals surface area contributed by atoms with Gasteiger partial charge in [-0.25, -0.2) is 0 Å². The number of hydrogen-bond acceptors (Lipinski definition) is 4. The molecule has 0 aliphatic heterocycles. The molecule has 0 aliphatic carbocycles. The third-order valence-corrected chi connectivity index (χ3v) is 3.65. The lowest BCUT2D eigenvalue weighted by atomic mass is 10.1. The zero-order valence-corrected chi connectivity index (χ0v) is 11.0. The minimum absolute atomic E-state index is 0.240. The lowest BCUT2D eigenvalue weighted by Gasteiger charge is -2.16. The van der Waals surface area contributed by atoms with Crippen LogP contribution in [0.2, 0.25) is 0 Å². The van der Waals surface area contributed by atoms with Gasteiger partial charge < -0.3 is 5.32 Å². The maximum atomic E-state index is 3.96. The van der Waals surface area contributed by atoms with E-state index < -0.39 is 0 Å². The Hall–Kier alpha value is -1.26. The second-order valence-corrected chi connectivity index (χ2v) is 5.33. The number of aromatic nitrogens is 2. The molecule has 3 nitrogen and oxygen atoms in total. The molecule has 0 aliphatic rings. The van der Waals surface area contributed by atoms with Gasteiger partial charge in [-0.3, -0.25) is 0 Å². The Kier molecular flexibility index (Phi) is 4.23. The Morgan fingerprint density at radius 2 is 2.18 bits per heavy atom. The van der Waals surface area contributed by atoms with Gasteiger partial charge in [0.2, 0.25) is 0 Å². The average molecular weight is 247 g/mol. The van der Waals surface area contributed by atoms with Crippen LogP contribution in [-0.4, -0.2) is 16.7 Å². The van der Waals surface area contributed by atoms with Crippen LogP contribution in [-0.2, 0) is 0 Å². The first-order valence-electron chi connectivity index (χ1n) is 5.87. The largest absolute Gasteiger partial charge is 0.306 e. The third kappa shape index (κ3) is 3.11. The van der Waals surface area contributed by atoms with Crippen LogP contribution in [0.3, 0.4) is 0 Å². The molecule has 0 amide bonds. The minimum Gasteiger partial charge on any atom is -0.306 e.